The highest BCUT2D eigenvalue weighted by molar-refractivity contribution is 8.00. The lowest BCUT2D eigenvalue weighted by atomic mass is 10.0. The van der Waals surface area contributed by atoms with Crippen LogP contribution in [-0.4, -0.2) is 17.8 Å². The van der Waals surface area contributed by atoms with Gasteiger partial charge in [0.25, 0.3) is 0 Å². The van der Waals surface area contributed by atoms with E-state index in [9.17, 15) is 0 Å². The number of hydrogen-bond donors (Lipinski definition) is 1. The Labute approximate surface area is 115 Å². The van der Waals surface area contributed by atoms with Crippen LogP contribution in [0.1, 0.15) is 32.3 Å². The van der Waals surface area contributed by atoms with Gasteiger partial charge in [-0.15, -0.1) is 23.6 Å². The van der Waals surface area contributed by atoms with Gasteiger partial charge >= 0.3 is 0 Å². The summed E-state index contributed by atoms with van der Waals surface area (Å²) in [7, 11) is 0. The topological polar surface area (TPSA) is 12.0 Å². The molecular weight excluding hydrogens is 238 g/mol. The lowest BCUT2D eigenvalue weighted by Crippen LogP contribution is -2.37. The number of thioether (sulfide) groups is 1. The van der Waals surface area contributed by atoms with Crippen molar-refractivity contribution in [1.82, 2.24) is 5.32 Å². The highest BCUT2D eigenvalue weighted by Gasteiger charge is 2.28. The van der Waals surface area contributed by atoms with Crippen LogP contribution in [0.4, 0.5) is 0 Å². The quantitative estimate of drug-likeness (QED) is 0.812. The van der Waals surface area contributed by atoms with Crippen molar-refractivity contribution >= 4 is 11.8 Å². The van der Waals surface area contributed by atoms with E-state index in [1.54, 1.807) is 0 Å². The molecule has 2 heteroatoms. The molecule has 0 spiro atoms. The molecule has 0 saturated carbocycles. The fourth-order valence-electron chi connectivity index (χ4n) is 2.47. The molecule has 2 unspecified atom stereocenters. The van der Waals surface area contributed by atoms with Gasteiger partial charge in [0.15, 0.2) is 0 Å². The van der Waals surface area contributed by atoms with Gasteiger partial charge in [-0.25, -0.2) is 0 Å². The molecule has 1 N–H and O–H groups in total. The average molecular weight is 259 g/mol. The third-order valence-electron chi connectivity index (χ3n) is 3.34. The van der Waals surface area contributed by atoms with Crippen LogP contribution < -0.4 is 5.32 Å². The number of benzene rings is 1. The minimum atomic E-state index is 0.577. The predicted molar refractivity (Wildman–Crippen MR) is 79.9 cm³/mol. The summed E-state index contributed by atoms with van der Waals surface area (Å²) in [6, 6.07) is 9.37. The zero-order valence-corrected chi connectivity index (χ0v) is 12.0. The van der Waals surface area contributed by atoms with Crippen LogP contribution in [0.5, 0.6) is 0 Å². The maximum atomic E-state index is 3.63. The van der Waals surface area contributed by atoms with Crippen LogP contribution in [0, 0.1) is 11.8 Å². The highest BCUT2D eigenvalue weighted by Crippen LogP contribution is 2.39. The Bertz CT molecular complexity index is 419. The molecule has 96 valence electrons. The Kier molecular flexibility index (Phi) is 5.16. The minimum absolute atomic E-state index is 0.577. The van der Waals surface area contributed by atoms with E-state index >= 15 is 0 Å². The summed E-state index contributed by atoms with van der Waals surface area (Å²) in [5.41, 5.74) is 1.51. The molecule has 2 rings (SSSR count). The second kappa shape index (κ2) is 6.87. The zero-order valence-electron chi connectivity index (χ0n) is 11.2. The summed E-state index contributed by atoms with van der Waals surface area (Å²) in [5, 5.41) is 4.30. The van der Waals surface area contributed by atoms with E-state index in [0.29, 0.717) is 11.3 Å². The molecule has 0 fully saturated rings. The van der Waals surface area contributed by atoms with E-state index in [2.05, 4.69) is 48.3 Å². The SMILES string of the molecule is CC#CCCC(NCC)C1Cc2ccccc2S1. The molecule has 1 aromatic carbocycles. The van der Waals surface area contributed by atoms with E-state index in [1.165, 1.54) is 16.9 Å². The van der Waals surface area contributed by atoms with E-state index in [-0.39, 0.29) is 0 Å². The van der Waals surface area contributed by atoms with Crippen molar-refractivity contribution < 1.29 is 0 Å². The van der Waals surface area contributed by atoms with Gasteiger partial charge in [0.05, 0.1) is 0 Å². The minimum Gasteiger partial charge on any atom is -0.313 e. The van der Waals surface area contributed by atoms with Crippen molar-refractivity contribution in [3.8, 4) is 11.8 Å². The van der Waals surface area contributed by atoms with Crippen LogP contribution in [0.25, 0.3) is 0 Å². The molecule has 0 saturated heterocycles. The lowest BCUT2D eigenvalue weighted by molar-refractivity contribution is 0.483. The van der Waals surface area contributed by atoms with Crippen LogP contribution in [0.15, 0.2) is 29.2 Å². The Morgan fingerprint density at radius 1 is 1.44 bits per heavy atom. The molecule has 0 amide bonds. The summed E-state index contributed by atoms with van der Waals surface area (Å²) in [6.07, 6.45) is 3.35. The molecular formula is C16H21NS. The third-order valence-corrected chi connectivity index (χ3v) is 4.79. The first kappa shape index (κ1) is 13.5. The van der Waals surface area contributed by atoms with Crippen molar-refractivity contribution in [3.05, 3.63) is 29.8 Å². The Morgan fingerprint density at radius 3 is 3.00 bits per heavy atom. The molecule has 0 aliphatic carbocycles. The standard InChI is InChI=1S/C16H21NS/c1-3-5-6-10-14(17-4-2)16-12-13-9-7-8-11-15(13)18-16/h7-9,11,14,16-17H,4,6,10,12H2,1-2H3. The molecule has 1 aromatic rings. The van der Waals surface area contributed by atoms with Crippen LogP contribution in [0.3, 0.4) is 0 Å². The van der Waals surface area contributed by atoms with Crippen molar-refractivity contribution in [2.24, 2.45) is 0 Å². The molecule has 2 atom stereocenters. The van der Waals surface area contributed by atoms with Crippen molar-refractivity contribution in [2.45, 2.75) is 49.3 Å². The molecule has 1 nitrogen and oxygen atoms in total. The van der Waals surface area contributed by atoms with Gasteiger partial charge in [-0.05, 0) is 37.9 Å². The van der Waals surface area contributed by atoms with E-state index < -0.39 is 0 Å². The maximum absolute atomic E-state index is 3.63. The predicted octanol–water partition coefficient (Wildman–Crippen LogP) is 3.49. The highest BCUT2D eigenvalue weighted by atomic mass is 32.2. The van der Waals surface area contributed by atoms with Crippen LogP contribution in [-0.2, 0) is 6.42 Å². The maximum Gasteiger partial charge on any atom is 0.0289 e. The third kappa shape index (κ3) is 3.31. The Hall–Kier alpha value is -0.910. The van der Waals surface area contributed by atoms with Gasteiger partial charge < -0.3 is 5.32 Å². The van der Waals surface area contributed by atoms with Gasteiger partial charge in [-0.1, -0.05) is 25.1 Å². The summed E-state index contributed by atoms with van der Waals surface area (Å²) >= 11 is 2.03. The summed E-state index contributed by atoms with van der Waals surface area (Å²) in [6.45, 7) is 5.14. The van der Waals surface area contributed by atoms with Gasteiger partial charge in [-0.3, -0.25) is 0 Å². The Morgan fingerprint density at radius 2 is 2.28 bits per heavy atom. The van der Waals surface area contributed by atoms with Crippen molar-refractivity contribution in [1.29, 1.82) is 0 Å². The number of fused-ring (bicyclic) bond motifs is 1. The van der Waals surface area contributed by atoms with Gasteiger partial charge in [0, 0.05) is 22.6 Å². The normalized spacial score (nSPS) is 18.9. The van der Waals surface area contributed by atoms with Crippen molar-refractivity contribution in [3.63, 3.8) is 0 Å². The monoisotopic (exact) mass is 259 g/mol. The molecule has 1 aliphatic heterocycles. The zero-order chi connectivity index (χ0) is 12.8. The molecule has 0 bridgehead atoms. The van der Waals surface area contributed by atoms with Gasteiger partial charge in [-0.2, -0.15) is 0 Å². The Balaban J connectivity index is 1.98. The van der Waals surface area contributed by atoms with E-state index in [1.807, 2.05) is 18.7 Å². The van der Waals surface area contributed by atoms with E-state index in [0.717, 1.165) is 19.4 Å². The van der Waals surface area contributed by atoms with Crippen molar-refractivity contribution in [2.75, 3.05) is 6.54 Å². The lowest BCUT2D eigenvalue weighted by Gasteiger charge is -2.22. The first-order valence-electron chi connectivity index (χ1n) is 6.72. The first-order valence-corrected chi connectivity index (χ1v) is 7.60. The largest absolute Gasteiger partial charge is 0.313 e. The molecule has 18 heavy (non-hydrogen) atoms. The van der Waals surface area contributed by atoms with Gasteiger partial charge in [0.1, 0.15) is 0 Å². The first-order chi connectivity index (χ1) is 8.85. The summed E-state index contributed by atoms with van der Waals surface area (Å²) < 4.78 is 0. The second-order valence-electron chi connectivity index (χ2n) is 4.60. The van der Waals surface area contributed by atoms with Crippen LogP contribution in [0.2, 0.25) is 0 Å². The number of nitrogens with one attached hydrogen (secondary N) is 1. The fourth-order valence-corrected chi connectivity index (χ4v) is 3.91. The number of rotatable bonds is 5. The second-order valence-corrected chi connectivity index (χ2v) is 5.88. The molecule has 1 aliphatic rings. The smallest absolute Gasteiger partial charge is 0.0289 e. The van der Waals surface area contributed by atoms with Gasteiger partial charge in [0.2, 0.25) is 0 Å². The van der Waals surface area contributed by atoms with Crippen LogP contribution >= 0.6 is 11.8 Å². The molecule has 1 heterocycles. The fraction of sp³-hybridized carbons (Fsp3) is 0.500. The molecule has 0 radical (unpaired) electrons. The summed E-state index contributed by atoms with van der Waals surface area (Å²) in [5.74, 6) is 6.17. The van der Waals surface area contributed by atoms with E-state index in [4.69, 9.17) is 0 Å². The number of hydrogen-bond acceptors (Lipinski definition) is 2. The average Bonchev–Trinajstić information content (AvgIpc) is 2.81. The molecule has 0 aromatic heterocycles. The summed E-state index contributed by atoms with van der Waals surface area (Å²) in [4.78, 5) is 1.46.